The number of para-hydroxylation sites is 3. The Bertz CT molecular complexity index is 3520. The van der Waals surface area contributed by atoms with Crippen LogP contribution in [0.1, 0.15) is 25.0 Å². The summed E-state index contributed by atoms with van der Waals surface area (Å²) in [7, 11) is 0. The fraction of sp³-hybridized carbons (Fsp3) is 0.0508. The number of fused-ring (bicyclic) bond motifs is 7. The molecular formula is C59H41N3. The van der Waals surface area contributed by atoms with Crippen LogP contribution in [0.3, 0.4) is 0 Å². The van der Waals surface area contributed by atoms with Crippen LogP contribution >= 0.6 is 0 Å². The van der Waals surface area contributed by atoms with Gasteiger partial charge in [0.05, 0.1) is 22.4 Å². The Kier molecular flexibility index (Phi) is 8.20. The van der Waals surface area contributed by atoms with Gasteiger partial charge in [0, 0.05) is 44.1 Å². The molecule has 292 valence electrons. The van der Waals surface area contributed by atoms with E-state index in [1.165, 1.54) is 71.5 Å². The standard InChI is InChI=1S/C59H41N3/c1-59(2)51-28-15-25-46(56(51)50-35-41-18-9-10-19-42(41)36-52(50)59)43-20-13-21-44(34-43)54-37-53(60-58(61-54)40-16-5-3-6-17-40)39-32-30-38(31-33-39)47-26-14-27-49-48-24-11-12-29-55(48)62(57(47)49)45-22-7-4-8-23-45/h3-37H,1-2H3. The largest absolute Gasteiger partial charge is 0.309 e. The molecule has 0 saturated carbocycles. The molecular weight excluding hydrogens is 751 g/mol. The smallest absolute Gasteiger partial charge is 0.160 e. The van der Waals surface area contributed by atoms with E-state index >= 15 is 0 Å². The number of benzene rings is 9. The maximum absolute atomic E-state index is 5.24. The number of aromatic nitrogens is 3. The summed E-state index contributed by atoms with van der Waals surface area (Å²) in [5.74, 6) is 0.702. The lowest BCUT2D eigenvalue weighted by Crippen LogP contribution is -2.14. The molecule has 11 aromatic rings. The summed E-state index contributed by atoms with van der Waals surface area (Å²) in [5, 5.41) is 5.03. The second-order valence-corrected chi connectivity index (χ2v) is 17.0. The maximum Gasteiger partial charge on any atom is 0.160 e. The summed E-state index contributed by atoms with van der Waals surface area (Å²) in [5.41, 5.74) is 18.4. The zero-order chi connectivity index (χ0) is 41.4. The van der Waals surface area contributed by atoms with Gasteiger partial charge >= 0.3 is 0 Å². The monoisotopic (exact) mass is 791 g/mol. The zero-order valence-electron chi connectivity index (χ0n) is 34.5. The van der Waals surface area contributed by atoms with Crippen molar-refractivity contribution in [3.63, 3.8) is 0 Å². The third-order valence-electron chi connectivity index (χ3n) is 13.0. The van der Waals surface area contributed by atoms with E-state index in [1.54, 1.807) is 0 Å². The van der Waals surface area contributed by atoms with Crippen molar-refractivity contribution in [3.05, 3.63) is 223 Å². The molecule has 3 heteroatoms. The molecule has 12 rings (SSSR count). The quantitative estimate of drug-likeness (QED) is 0.168. The van der Waals surface area contributed by atoms with Crippen LogP contribution in [0.4, 0.5) is 0 Å². The van der Waals surface area contributed by atoms with Gasteiger partial charge in [0.1, 0.15) is 0 Å². The molecule has 0 fully saturated rings. The van der Waals surface area contributed by atoms with Gasteiger partial charge in [-0.1, -0.05) is 184 Å². The molecule has 1 aliphatic carbocycles. The minimum absolute atomic E-state index is 0.114. The summed E-state index contributed by atoms with van der Waals surface area (Å²) in [6, 6.07) is 76.6. The van der Waals surface area contributed by atoms with E-state index in [1.807, 2.05) is 18.2 Å². The Morgan fingerprint density at radius 2 is 0.984 bits per heavy atom. The van der Waals surface area contributed by atoms with Crippen molar-refractivity contribution in [2.45, 2.75) is 19.3 Å². The van der Waals surface area contributed by atoms with Crippen LogP contribution in [-0.2, 0) is 5.41 Å². The van der Waals surface area contributed by atoms with Gasteiger partial charge < -0.3 is 4.57 Å². The van der Waals surface area contributed by atoms with Gasteiger partial charge in [0.25, 0.3) is 0 Å². The Hall–Kier alpha value is -7.88. The molecule has 62 heavy (non-hydrogen) atoms. The SMILES string of the molecule is CC1(C)c2cc3ccccc3cc2-c2c(-c3cccc(-c4cc(-c5ccc(-c6cccc7c8ccccc8n(-c8ccccc8)c67)cc5)nc(-c5ccccc5)n4)c3)cccc21. The van der Waals surface area contributed by atoms with Gasteiger partial charge in [-0.05, 0) is 92.2 Å². The number of hydrogen-bond donors (Lipinski definition) is 0. The van der Waals surface area contributed by atoms with E-state index in [-0.39, 0.29) is 5.41 Å². The molecule has 0 atom stereocenters. The first-order valence-corrected chi connectivity index (χ1v) is 21.4. The fourth-order valence-electron chi connectivity index (χ4n) is 9.94. The molecule has 0 saturated heterocycles. The van der Waals surface area contributed by atoms with E-state index in [4.69, 9.17) is 9.97 Å². The lowest BCUT2D eigenvalue weighted by Gasteiger charge is -2.22. The van der Waals surface area contributed by atoms with E-state index in [0.29, 0.717) is 5.82 Å². The van der Waals surface area contributed by atoms with Crippen LogP contribution in [0, 0.1) is 0 Å². The molecule has 2 aromatic heterocycles. The van der Waals surface area contributed by atoms with Crippen molar-refractivity contribution in [1.29, 1.82) is 0 Å². The molecule has 2 heterocycles. The number of hydrogen-bond acceptors (Lipinski definition) is 2. The van der Waals surface area contributed by atoms with Gasteiger partial charge in [0.2, 0.25) is 0 Å². The minimum atomic E-state index is -0.114. The second-order valence-electron chi connectivity index (χ2n) is 17.0. The highest BCUT2D eigenvalue weighted by Gasteiger charge is 2.37. The third-order valence-corrected chi connectivity index (χ3v) is 13.0. The molecule has 0 aliphatic heterocycles. The van der Waals surface area contributed by atoms with Crippen LogP contribution in [0.2, 0.25) is 0 Å². The van der Waals surface area contributed by atoms with E-state index in [0.717, 1.165) is 39.3 Å². The molecule has 0 N–H and O–H groups in total. The Balaban J connectivity index is 0.974. The maximum atomic E-state index is 5.24. The van der Waals surface area contributed by atoms with Crippen LogP contribution in [0.15, 0.2) is 212 Å². The van der Waals surface area contributed by atoms with E-state index in [9.17, 15) is 0 Å². The van der Waals surface area contributed by atoms with Gasteiger partial charge in [-0.2, -0.15) is 0 Å². The minimum Gasteiger partial charge on any atom is -0.309 e. The molecule has 1 aliphatic rings. The van der Waals surface area contributed by atoms with Crippen molar-refractivity contribution in [3.8, 4) is 73.0 Å². The molecule has 0 bridgehead atoms. The first-order valence-electron chi connectivity index (χ1n) is 21.4. The van der Waals surface area contributed by atoms with Crippen LogP contribution in [0.25, 0.3) is 106 Å². The highest BCUT2D eigenvalue weighted by atomic mass is 15.0. The summed E-state index contributed by atoms with van der Waals surface area (Å²) in [6.07, 6.45) is 0. The Labute approximate surface area is 361 Å². The molecule has 0 radical (unpaired) electrons. The van der Waals surface area contributed by atoms with Gasteiger partial charge in [-0.15, -0.1) is 0 Å². The van der Waals surface area contributed by atoms with Crippen LogP contribution in [0.5, 0.6) is 0 Å². The summed E-state index contributed by atoms with van der Waals surface area (Å²) >= 11 is 0. The number of rotatable bonds is 6. The van der Waals surface area contributed by atoms with Crippen molar-refractivity contribution < 1.29 is 0 Å². The van der Waals surface area contributed by atoms with Crippen molar-refractivity contribution in [2.24, 2.45) is 0 Å². The number of nitrogens with zero attached hydrogens (tertiary/aromatic N) is 3. The normalized spacial score (nSPS) is 12.8. The van der Waals surface area contributed by atoms with Gasteiger partial charge in [-0.25, -0.2) is 9.97 Å². The molecule has 3 nitrogen and oxygen atoms in total. The average molecular weight is 792 g/mol. The van der Waals surface area contributed by atoms with Gasteiger partial charge in [0.15, 0.2) is 5.82 Å². The molecule has 0 unspecified atom stereocenters. The first kappa shape index (κ1) is 36.0. The summed E-state index contributed by atoms with van der Waals surface area (Å²) in [4.78, 5) is 10.5. The predicted octanol–water partition coefficient (Wildman–Crippen LogP) is 15.4. The van der Waals surface area contributed by atoms with E-state index in [2.05, 4.69) is 213 Å². The lowest BCUT2D eigenvalue weighted by molar-refractivity contribution is 0.661. The molecule has 0 amide bonds. The van der Waals surface area contributed by atoms with Crippen molar-refractivity contribution in [1.82, 2.24) is 14.5 Å². The average Bonchev–Trinajstić information content (AvgIpc) is 3.79. The fourth-order valence-corrected chi connectivity index (χ4v) is 9.94. The Morgan fingerprint density at radius 1 is 0.387 bits per heavy atom. The highest BCUT2D eigenvalue weighted by molar-refractivity contribution is 6.14. The topological polar surface area (TPSA) is 30.7 Å². The zero-order valence-corrected chi connectivity index (χ0v) is 34.5. The lowest BCUT2D eigenvalue weighted by atomic mass is 9.81. The summed E-state index contributed by atoms with van der Waals surface area (Å²) in [6.45, 7) is 4.72. The van der Waals surface area contributed by atoms with Crippen LogP contribution < -0.4 is 0 Å². The van der Waals surface area contributed by atoms with Crippen molar-refractivity contribution >= 4 is 32.6 Å². The highest BCUT2D eigenvalue weighted by Crippen LogP contribution is 2.53. The van der Waals surface area contributed by atoms with Crippen LogP contribution in [-0.4, -0.2) is 14.5 Å². The van der Waals surface area contributed by atoms with E-state index < -0.39 is 0 Å². The summed E-state index contributed by atoms with van der Waals surface area (Å²) < 4.78 is 2.40. The second kappa shape index (κ2) is 14.1. The Morgan fingerprint density at radius 3 is 1.79 bits per heavy atom. The predicted molar refractivity (Wildman–Crippen MR) is 259 cm³/mol. The van der Waals surface area contributed by atoms with Gasteiger partial charge in [-0.3, -0.25) is 0 Å². The molecule has 9 aromatic carbocycles. The van der Waals surface area contributed by atoms with Crippen molar-refractivity contribution in [2.75, 3.05) is 0 Å². The third kappa shape index (κ3) is 5.73. The first-order chi connectivity index (χ1) is 30.5. The molecule has 0 spiro atoms.